The van der Waals surface area contributed by atoms with Gasteiger partial charge in [0.05, 0.1) is 26.8 Å². The lowest BCUT2D eigenvalue weighted by atomic mass is 10.00. The van der Waals surface area contributed by atoms with Crippen LogP contribution in [0.3, 0.4) is 0 Å². The van der Waals surface area contributed by atoms with Gasteiger partial charge in [-0.05, 0) is 51.1 Å². The first-order chi connectivity index (χ1) is 14.1. The van der Waals surface area contributed by atoms with Crippen LogP contribution in [-0.2, 0) is 11.3 Å². The van der Waals surface area contributed by atoms with Crippen molar-refractivity contribution in [1.29, 1.82) is 0 Å². The lowest BCUT2D eigenvalue weighted by Crippen LogP contribution is -2.27. The van der Waals surface area contributed by atoms with Gasteiger partial charge in [0.15, 0.2) is 0 Å². The van der Waals surface area contributed by atoms with Crippen LogP contribution in [-0.4, -0.2) is 28.5 Å². The molecule has 0 saturated carbocycles. The first-order valence-electron chi connectivity index (χ1n) is 9.24. The van der Waals surface area contributed by atoms with E-state index in [1.807, 2.05) is 0 Å². The van der Waals surface area contributed by atoms with E-state index in [0.717, 1.165) is 6.29 Å². The van der Waals surface area contributed by atoms with Crippen LogP contribution in [0.2, 0.25) is 10.0 Å². The summed E-state index contributed by atoms with van der Waals surface area (Å²) in [5, 5.41) is 3.98. The molecule has 1 aliphatic rings. The molecule has 0 aliphatic carbocycles. The number of benzene rings is 2. The van der Waals surface area contributed by atoms with Crippen LogP contribution >= 0.6 is 23.2 Å². The van der Waals surface area contributed by atoms with Gasteiger partial charge in [0.1, 0.15) is 11.9 Å². The van der Waals surface area contributed by atoms with E-state index in [4.69, 9.17) is 27.9 Å². The number of fused-ring (bicyclic) bond motifs is 2. The molecule has 0 spiro atoms. The van der Waals surface area contributed by atoms with Crippen LogP contribution in [0.5, 0.6) is 0 Å². The SMILES string of the molecule is CC(C)(C)OC(=O)n1c(-c2cc(Cl)c(Cl)c3c2C(=O)NC3)cc2cc(C=O)ccc21. The Labute approximate surface area is 182 Å². The molecule has 2 aromatic carbocycles. The van der Waals surface area contributed by atoms with Gasteiger partial charge in [0, 0.05) is 28.6 Å². The van der Waals surface area contributed by atoms with E-state index < -0.39 is 11.7 Å². The average Bonchev–Trinajstić information content (AvgIpc) is 3.24. The maximum Gasteiger partial charge on any atom is 0.419 e. The first kappa shape index (κ1) is 20.4. The molecule has 0 atom stereocenters. The predicted molar refractivity (Wildman–Crippen MR) is 116 cm³/mol. The summed E-state index contributed by atoms with van der Waals surface area (Å²) in [6.45, 7) is 5.56. The molecule has 3 aromatic rings. The van der Waals surface area contributed by atoms with Gasteiger partial charge in [-0.25, -0.2) is 9.36 Å². The van der Waals surface area contributed by atoms with E-state index in [9.17, 15) is 14.4 Å². The van der Waals surface area contributed by atoms with Crippen molar-refractivity contribution in [2.75, 3.05) is 0 Å². The zero-order chi connectivity index (χ0) is 21.8. The van der Waals surface area contributed by atoms with Crippen molar-refractivity contribution in [3.05, 3.63) is 57.1 Å². The van der Waals surface area contributed by atoms with Gasteiger partial charge in [-0.15, -0.1) is 0 Å². The number of carbonyl (C=O) groups is 3. The number of halogens is 2. The van der Waals surface area contributed by atoms with Crippen LogP contribution in [0.1, 0.15) is 47.1 Å². The van der Waals surface area contributed by atoms with E-state index in [0.29, 0.717) is 43.9 Å². The molecule has 0 unspecified atom stereocenters. The Morgan fingerprint density at radius 1 is 1.20 bits per heavy atom. The number of hydrogen-bond donors (Lipinski definition) is 1. The minimum atomic E-state index is -0.732. The second-order valence-electron chi connectivity index (χ2n) is 8.04. The Kier molecular flexibility index (Phi) is 4.87. The lowest BCUT2D eigenvalue weighted by Gasteiger charge is -2.21. The number of rotatable bonds is 2. The second kappa shape index (κ2) is 7.15. The standard InChI is InChI=1S/C22H18Cl2N2O4/c1-22(2,3)30-21(29)26-16-5-4-11(10-27)6-12(16)7-17(26)13-8-15(23)19(24)14-9-25-20(28)18(13)14/h4-8,10H,9H2,1-3H3,(H,25,28). The molecular formula is C22H18Cl2N2O4. The number of aldehydes is 1. The van der Waals surface area contributed by atoms with Gasteiger partial charge in [-0.1, -0.05) is 23.2 Å². The van der Waals surface area contributed by atoms with E-state index in [-0.39, 0.29) is 17.5 Å². The third kappa shape index (κ3) is 3.36. The summed E-state index contributed by atoms with van der Waals surface area (Å²) in [5.41, 5.74) is 2.12. The quantitative estimate of drug-likeness (QED) is 0.532. The summed E-state index contributed by atoms with van der Waals surface area (Å²) >= 11 is 12.6. The molecule has 30 heavy (non-hydrogen) atoms. The highest BCUT2D eigenvalue weighted by atomic mass is 35.5. The van der Waals surface area contributed by atoms with Crippen LogP contribution in [0.15, 0.2) is 30.3 Å². The Morgan fingerprint density at radius 2 is 1.93 bits per heavy atom. The number of carbonyl (C=O) groups excluding carboxylic acids is 3. The summed E-state index contributed by atoms with van der Waals surface area (Å²) in [5.74, 6) is -0.298. The van der Waals surface area contributed by atoms with Crippen molar-refractivity contribution in [3.63, 3.8) is 0 Å². The van der Waals surface area contributed by atoms with Crippen molar-refractivity contribution in [1.82, 2.24) is 9.88 Å². The van der Waals surface area contributed by atoms with E-state index in [1.165, 1.54) is 4.57 Å². The molecule has 0 saturated heterocycles. The van der Waals surface area contributed by atoms with Crippen LogP contribution in [0, 0.1) is 0 Å². The van der Waals surface area contributed by atoms with Crippen molar-refractivity contribution in [2.45, 2.75) is 32.9 Å². The maximum absolute atomic E-state index is 13.1. The van der Waals surface area contributed by atoms with Crippen LogP contribution < -0.4 is 5.32 Å². The number of nitrogens with one attached hydrogen (secondary N) is 1. The van der Waals surface area contributed by atoms with Gasteiger partial charge >= 0.3 is 6.09 Å². The van der Waals surface area contributed by atoms with Gasteiger partial charge in [0.25, 0.3) is 5.91 Å². The van der Waals surface area contributed by atoms with Gasteiger partial charge in [-0.2, -0.15) is 0 Å². The number of ether oxygens (including phenoxy) is 1. The number of aromatic nitrogens is 1. The Morgan fingerprint density at radius 3 is 2.60 bits per heavy atom. The van der Waals surface area contributed by atoms with Crippen molar-refractivity contribution >= 4 is 52.4 Å². The average molecular weight is 445 g/mol. The van der Waals surface area contributed by atoms with E-state index >= 15 is 0 Å². The zero-order valence-corrected chi connectivity index (χ0v) is 18.0. The van der Waals surface area contributed by atoms with Crippen LogP contribution in [0.4, 0.5) is 4.79 Å². The summed E-state index contributed by atoms with van der Waals surface area (Å²) in [6.07, 6.45) is 0.124. The second-order valence-corrected chi connectivity index (χ2v) is 8.82. The van der Waals surface area contributed by atoms with Crippen molar-refractivity contribution < 1.29 is 19.1 Å². The summed E-state index contributed by atoms with van der Waals surface area (Å²) < 4.78 is 6.99. The Balaban J connectivity index is 2.05. The minimum Gasteiger partial charge on any atom is -0.443 e. The zero-order valence-electron chi connectivity index (χ0n) is 16.5. The van der Waals surface area contributed by atoms with Crippen LogP contribution in [0.25, 0.3) is 22.2 Å². The molecule has 0 radical (unpaired) electrons. The van der Waals surface area contributed by atoms with Gasteiger partial charge in [0.2, 0.25) is 0 Å². The topological polar surface area (TPSA) is 77.4 Å². The molecule has 2 heterocycles. The third-order valence-electron chi connectivity index (χ3n) is 4.78. The van der Waals surface area contributed by atoms with Gasteiger partial charge < -0.3 is 10.1 Å². The lowest BCUT2D eigenvalue weighted by molar-refractivity contribution is 0.0546. The normalized spacial score (nSPS) is 13.3. The first-order valence-corrected chi connectivity index (χ1v) is 10.00. The molecule has 1 aromatic heterocycles. The monoisotopic (exact) mass is 444 g/mol. The fourth-order valence-electron chi connectivity index (χ4n) is 3.57. The molecule has 1 amide bonds. The number of nitrogens with zero attached hydrogens (tertiary/aromatic N) is 1. The Bertz CT molecular complexity index is 1240. The van der Waals surface area contributed by atoms with E-state index in [2.05, 4.69) is 5.32 Å². The molecule has 0 bridgehead atoms. The molecule has 4 rings (SSSR count). The fraction of sp³-hybridized carbons (Fsp3) is 0.227. The fourth-order valence-corrected chi connectivity index (χ4v) is 4.01. The largest absolute Gasteiger partial charge is 0.443 e. The van der Waals surface area contributed by atoms with E-state index in [1.54, 1.807) is 51.1 Å². The molecule has 1 N–H and O–H groups in total. The summed E-state index contributed by atoms with van der Waals surface area (Å²) in [4.78, 5) is 36.9. The molecule has 6 nitrogen and oxygen atoms in total. The molecule has 8 heteroatoms. The maximum atomic E-state index is 13.1. The molecule has 1 aliphatic heterocycles. The van der Waals surface area contributed by atoms with Crippen molar-refractivity contribution in [3.8, 4) is 11.3 Å². The highest BCUT2D eigenvalue weighted by molar-refractivity contribution is 6.43. The summed E-state index contributed by atoms with van der Waals surface area (Å²) in [6, 6.07) is 8.27. The number of amides is 1. The van der Waals surface area contributed by atoms with Gasteiger partial charge in [-0.3, -0.25) is 9.59 Å². The molecular weight excluding hydrogens is 427 g/mol. The highest BCUT2D eigenvalue weighted by Crippen LogP contribution is 2.40. The minimum absolute atomic E-state index is 0.252. The Hall–Kier alpha value is -2.83. The predicted octanol–water partition coefficient (Wildman–Crippen LogP) is 5.45. The highest BCUT2D eigenvalue weighted by Gasteiger charge is 2.31. The third-order valence-corrected chi connectivity index (χ3v) is 5.61. The van der Waals surface area contributed by atoms with Crippen molar-refractivity contribution in [2.24, 2.45) is 0 Å². The molecule has 0 fully saturated rings. The number of hydrogen-bond acceptors (Lipinski definition) is 4. The molecule has 154 valence electrons. The smallest absolute Gasteiger partial charge is 0.419 e. The summed E-state index contributed by atoms with van der Waals surface area (Å²) in [7, 11) is 0.